The standard InChI is InChI=1S/C9H14N2O/c1-2-11-6-7-3-4-8(10)5-9(7)12/h3-5,11-12H,2,6,10H2,1H3. The topological polar surface area (TPSA) is 58.3 Å². The number of phenolic OH excluding ortho intramolecular Hbond substituents is 1. The third-order valence-electron chi connectivity index (χ3n) is 1.67. The molecule has 3 heteroatoms. The molecule has 1 aromatic carbocycles. The third kappa shape index (κ3) is 2.13. The van der Waals surface area contributed by atoms with Crippen LogP contribution in [0.1, 0.15) is 12.5 Å². The first kappa shape index (κ1) is 8.87. The molecule has 0 amide bonds. The summed E-state index contributed by atoms with van der Waals surface area (Å²) in [6.45, 7) is 3.60. The summed E-state index contributed by atoms with van der Waals surface area (Å²) in [7, 11) is 0. The predicted molar refractivity (Wildman–Crippen MR) is 49.9 cm³/mol. The molecule has 0 spiro atoms. The summed E-state index contributed by atoms with van der Waals surface area (Å²) in [5.74, 6) is 0.260. The Hall–Kier alpha value is -1.22. The number of hydrogen-bond donors (Lipinski definition) is 3. The first-order valence-electron chi connectivity index (χ1n) is 4.02. The van der Waals surface area contributed by atoms with Crippen molar-refractivity contribution < 1.29 is 5.11 Å². The van der Waals surface area contributed by atoms with Crippen molar-refractivity contribution in [2.45, 2.75) is 13.5 Å². The van der Waals surface area contributed by atoms with Gasteiger partial charge in [-0.1, -0.05) is 13.0 Å². The number of phenols is 1. The molecule has 66 valence electrons. The Morgan fingerprint density at radius 3 is 2.83 bits per heavy atom. The SMILES string of the molecule is CCNCc1ccc(N)cc1O. The lowest BCUT2D eigenvalue weighted by atomic mass is 10.2. The highest BCUT2D eigenvalue weighted by Gasteiger charge is 1.99. The minimum atomic E-state index is 0.260. The number of benzene rings is 1. The number of nitrogens with two attached hydrogens (primary N) is 1. The van der Waals surface area contributed by atoms with Gasteiger partial charge in [-0.05, 0) is 12.6 Å². The van der Waals surface area contributed by atoms with E-state index in [1.54, 1.807) is 12.1 Å². The smallest absolute Gasteiger partial charge is 0.122 e. The number of hydrogen-bond acceptors (Lipinski definition) is 3. The summed E-state index contributed by atoms with van der Waals surface area (Å²) < 4.78 is 0. The van der Waals surface area contributed by atoms with Crippen LogP contribution in [0.3, 0.4) is 0 Å². The average molecular weight is 166 g/mol. The maximum absolute atomic E-state index is 9.40. The summed E-state index contributed by atoms with van der Waals surface area (Å²) in [5.41, 5.74) is 6.95. The highest BCUT2D eigenvalue weighted by Crippen LogP contribution is 2.19. The molecule has 0 saturated heterocycles. The van der Waals surface area contributed by atoms with Gasteiger partial charge in [0.05, 0.1) is 0 Å². The van der Waals surface area contributed by atoms with Crippen LogP contribution in [-0.2, 0) is 6.54 Å². The molecule has 0 fully saturated rings. The van der Waals surface area contributed by atoms with E-state index >= 15 is 0 Å². The summed E-state index contributed by atoms with van der Waals surface area (Å²) in [5, 5.41) is 12.5. The maximum atomic E-state index is 9.40. The van der Waals surface area contributed by atoms with Crippen molar-refractivity contribution in [1.29, 1.82) is 0 Å². The number of nitrogens with one attached hydrogen (secondary N) is 1. The van der Waals surface area contributed by atoms with Crippen LogP contribution in [0.5, 0.6) is 5.75 Å². The molecular formula is C9H14N2O. The zero-order chi connectivity index (χ0) is 8.97. The van der Waals surface area contributed by atoms with Crippen LogP contribution in [-0.4, -0.2) is 11.7 Å². The highest BCUT2D eigenvalue weighted by molar-refractivity contribution is 5.47. The van der Waals surface area contributed by atoms with Crippen LogP contribution >= 0.6 is 0 Å². The molecule has 0 bridgehead atoms. The van der Waals surface area contributed by atoms with Crippen LogP contribution in [0.4, 0.5) is 5.69 Å². The van der Waals surface area contributed by atoms with E-state index in [1.807, 2.05) is 13.0 Å². The van der Waals surface area contributed by atoms with Crippen molar-refractivity contribution in [2.75, 3.05) is 12.3 Å². The molecular weight excluding hydrogens is 152 g/mol. The van der Waals surface area contributed by atoms with E-state index in [9.17, 15) is 5.11 Å². The molecule has 0 aliphatic carbocycles. The van der Waals surface area contributed by atoms with E-state index in [0.29, 0.717) is 12.2 Å². The van der Waals surface area contributed by atoms with Gasteiger partial charge in [0, 0.05) is 23.9 Å². The second-order valence-corrected chi connectivity index (χ2v) is 2.67. The van der Waals surface area contributed by atoms with Crippen molar-refractivity contribution in [3.63, 3.8) is 0 Å². The Morgan fingerprint density at radius 1 is 1.50 bits per heavy atom. The van der Waals surface area contributed by atoms with Gasteiger partial charge in [0.25, 0.3) is 0 Å². The van der Waals surface area contributed by atoms with Crippen molar-refractivity contribution >= 4 is 5.69 Å². The van der Waals surface area contributed by atoms with Crippen LogP contribution < -0.4 is 11.1 Å². The molecule has 0 saturated carbocycles. The fraction of sp³-hybridized carbons (Fsp3) is 0.333. The molecule has 3 nitrogen and oxygen atoms in total. The zero-order valence-corrected chi connectivity index (χ0v) is 7.17. The van der Waals surface area contributed by atoms with Crippen molar-refractivity contribution in [3.05, 3.63) is 23.8 Å². The Kier molecular flexibility index (Phi) is 2.94. The Bertz CT molecular complexity index is 261. The molecule has 4 N–H and O–H groups in total. The molecule has 1 aromatic rings. The molecule has 0 aliphatic heterocycles. The minimum absolute atomic E-state index is 0.260. The van der Waals surface area contributed by atoms with Gasteiger partial charge in [-0.15, -0.1) is 0 Å². The van der Waals surface area contributed by atoms with Gasteiger partial charge in [0.1, 0.15) is 5.75 Å². The molecule has 0 heterocycles. The average Bonchev–Trinajstić information content (AvgIpc) is 2.03. The van der Waals surface area contributed by atoms with Crippen LogP contribution in [0, 0.1) is 0 Å². The highest BCUT2D eigenvalue weighted by atomic mass is 16.3. The summed E-state index contributed by atoms with van der Waals surface area (Å²) in [4.78, 5) is 0. The summed E-state index contributed by atoms with van der Waals surface area (Å²) in [6.07, 6.45) is 0. The number of rotatable bonds is 3. The molecule has 0 unspecified atom stereocenters. The second kappa shape index (κ2) is 3.97. The van der Waals surface area contributed by atoms with E-state index in [-0.39, 0.29) is 5.75 Å². The zero-order valence-electron chi connectivity index (χ0n) is 7.17. The molecule has 0 aliphatic rings. The van der Waals surface area contributed by atoms with Gasteiger partial charge in [0.15, 0.2) is 0 Å². The van der Waals surface area contributed by atoms with Crippen LogP contribution in [0.25, 0.3) is 0 Å². The lowest BCUT2D eigenvalue weighted by Crippen LogP contribution is -2.11. The fourth-order valence-corrected chi connectivity index (χ4v) is 0.990. The van der Waals surface area contributed by atoms with Gasteiger partial charge >= 0.3 is 0 Å². The van der Waals surface area contributed by atoms with Gasteiger partial charge in [-0.3, -0.25) is 0 Å². The quantitative estimate of drug-likeness (QED) is 0.589. The number of anilines is 1. The van der Waals surface area contributed by atoms with Gasteiger partial charge in [-0.2, -0.15) is 0 Å². The first-order valence-corrected chi connectivity index (χ1v) is 4.02. The number of aromatic hydroxyl groups is 1. The minimum Gasteiger partial charge on any atom is -0.508 e. The molecule has 0 radical (unpaired) electrons. The second-order valence-electron chi connectivity index (χ2n) is 2.67. The van der Waals surface area contributed by atoms with E-state index in [4.69, 9.17) is 5.73 Å². The molecule has 1 rings (SSSR count). The van der Waals surface area contributed by atoms with Crippen molar-refractivity contribution in [1.82, 2.24) is 5.32 Å². The maximum Gasteiger partial charge on any atom is 0.122 e. The lowest BCUT2D eigenvalue weighted by molar-refractivity contribution is 0.465. The monoisotopic (exact) mass is 166 g/mol. The number of nitrogen functional groups attached to an aromatic ring is 1. The van der Waals surface area contributed by atoms with E-state index in [1.165, 1.54) is 0 Å². The van der Waals surface area contributed by atoms with E-state index < -0.39 is 0 Å². The van der Waals surface area contributed by atoms with Gasteiger partial charge in [0.2, 0.25) is 0 Å². The molecule has 12 heavy (non-hydrogen) atoms. The Morgan fingerprint density at radius 2 is 2.25 bits per heavy atom. The Balaban J connectivity index is 2.72. The summed E-state index contributed by atoms with van der Waals surface area (Å²) in [6, 6.07) is 5.17. The molecule has 0 atom stereocenters. The fourth-order valence-electron chi connectivity index (χ4n) is 0.990. The van der Waals surface area contributed by atoms with Crippen molar-refractivity contribution in [2.24, 2.45) is 0 Å². The van der Waals surface area contributed by atoms with Gasteiger partial charge in [-0.25, -0.2) is 0 Å². The van der Waals surface area contributed by atoms with Crippen LogP contribution in [0.2, 0.25) is 0 Å². The normalized spacial score (nSPS) is 10.1. The predicted octanol–water partition coefficient (Wildman–Crippen LogP) is 1.08. The lowest BCUT2D eigenvalue weighted by Gasteiger charge is -2.05. The third-order valence-corrected chi connectivity index (χ3v) is 1.67. The van der Waals surface area contributed by atoms with Crippen molar-refractivity contribution in [3.8, 4) is 5.75 Å². The summed E-state index contributed by atoms with van der Waals surface area (Å²) >= 11 is 0. The van der Waals surface area contributed by atoms with E-state index in [2.05, 4.69) is 5.32 Å². The van der Waals surface area contributed by atoms with E-state index in [0.717, 1.165) is 12.1 Å². The Labute approximate surface area is 72.2 Å². The van der Waals surface area contributed by atoms with Crippen LogP contribution in [0.15, 0.2) is 18.2 Å². The first-order chi connectivity index (χ1) is 5.74. The largest absolute Gasteiger partial charge is 0.508 e. The molecule has 0 aromatic heterocycles. The van der Waals surface area contributed by atoms with Gasteiger partial charge < -0.3 is 16.2 Å².